The van der Waals surface area contributed by atoms with Crippen LogP contribution in [0.2, 0.25) is 0 Å². The first-order valence-electron chi connectivity index (χ1n) is 9.63. The highest BCUT2D eigenvalue weighted by atomic mass is 16.7. The quantitative estimate of drug-likeness (QED) is 0.317. The predicted molar refractivity (Wildman–Crippen MR) is 105 cm³/mol. The van der Waals surface area contributed by atoms with Crippen molar-refractivity contribution < 1.29 is 44.3 Å². The van der Waals surface area contributed by atoms with Gasteiger partial charge in [-0.25, -0.2) is 9.59 Å². The maximum absolute atomic E-state index is 12.7. The highest BCUT2D eigenvalue weighted by Gasteiger charge is 2.50. The molecule has 6 atom stereocenters. The van der Waals surface area contributed by atoms with E-state index in [0.29, 0.717) is 11.1 Å². The molecule has 2 aliphatic heterocycles. The second kappa shape index (κ2) is 8.20. The molecule has 2 saturated heterocycles. The van der Waals surface area contributed by atoms with Crippen molar-refractivity contribution in [2.24, 2.45) is 0 Å². The fourth-order valence-electron chi connectivity index (χ4n) is 3.78. The van der Waals surface area contributed by atoms with Gasteiger partial charge in [0.15, 0.2) is 11.6 Å². The number of ether oxygens (including phenoxy) is 2. The van der Waals surface area contributed by atoms with Gasteiger partial charge in [-0.1, -0.05) is 42.5 Å². The second-order valence-electron chi connectivity index (χ2n) is 7.40. The molecule has 0 aliphatic carbocycles. The summed E-state index contributed by atoms with van der Waals surface area (Å²) in [6.45, 7) is 0. The second-order valence-corrected chi connectivity index (χ2v) is 7.40. The number of hydrogen-bond donors (Lipinski definition) is 6. The zero-order valence-corrected chi connectivity index (χ0v) is 16.4. The van der Waals surface area contributed by atoms with Crippen LogP contribution >= 0.6 is 0 Å². The van der Waals surface area contributed by atoms with Crippen LogP contribution in [0.1, 0.15) is 11.1 Å². The Kier molecular flexibility index (Phi) is 5.57. The molecule has 6 unspecified atom stereocenters. The number of carboxylic acids is 1. The average molecular weight is 444 g/mol. The first kappa shape index (κ1) is 21.7. The number of aliphatic carboxylic acids is 1. The molecule has 0 bridgehead atoms. The number of aliphatic hydroxyl groups is 3. The van der Waals surface area contributed by atoms with Gasteiger partial charge >= 0.3 is 12.0 Å². The van der Waals surface area contributed by atoms with E-state index in [1.807, 2.05) is 0 Å². The normalized spacial score (nSPS) is 32.2. The van der Waals surface area contributed by atoms with E-state index >= 15 is 0 Å². The zero-order chi connectivity index (χ0) is 23.0. The standard InChI is InChI=1S/C21H20N2O9/c24-13-14(25)16(17(27)28)32-18(15(13)26)31-12-8-6-11(7-9-12)21(10-4-2-1-3-5-10)19(29)22-20(30)23-21/h1-9,13-16,18,24-26H,(H,27,28)(H2,22,23,29,30). The van der Waals surface area contributed by atoms with Gasteiger partial charge in [-0.15, -0.1) is 0 Å². The Hall–Kier alpha value is -3.51. The third kappa shape index (κ3) is 3.56. The van der Waals surface area contributed by atoms with E-state index in [4.69, 9.17) is 14.6 Å². The topological polar surface area (TPSA) is 175 Å². The Labute approximate surface area is 181 Å². The number of rotatable bonds is 5. The highest BCUT2D eigenvalue weighted by molar-refractivity contribution is 6.09. The molecule has 0 spiro atoms. The van der Waals surface area contributed by atoms with Crippen LogP contribution in [0.3, 0.4) is 0 Å². The zero-order valence-electron chi connectivity index (χ0n) is 16.4. The van der Waals surface area contributed by atoms with Crippen molar-refractivity contribution >= 4 is 17.9 Å². The number of urea groups is 1. The number of carboxylic acid groups (broad SMARTS) is 1. The fourth-order valence-corrected chi connectivity index (χ4v) is 3.78. The number of carbonyl (C=O) groups is 3. The number of nitrogens with one attached hydrogen (secondary N) is 2. The maximum atomic E-state index is 12.7. The molecular formula is C21H20N2O9. The van der Waals surface area contributed by atoms with Crippen molar-refractivity contribution in [3.05, 3.63) is 65.7 Å². The Morgan fingerprint density at radius 3 is 2.09 bits per heavy atom. The Bertz CT molecular complexity index is 1030. The van der Waals surface area contributed by atoms with Gasteiger partial charge in [0.1, 0.15) is 24.1 Å². The third-order valence-electron chi connectivity index (χ3n) is 5.43. The lowest BCUT2D eigenvalue weighted by molar-refractivity contribution is -0.271. The van der Waals surface area contributed by atoms with E-state index < -0.39 is 54.2 Å². The molecule has 2 heterocycles. The maximum Gasteiger partial charge on any atom is 0.335 e. The number of aliphatic hydroxyl groups excluding tert-OH is 3. The summed E-state index contributed by atoms with van der Waals surface area (Å²) < 4.78 is 10.6. The average Bonchev–Trinajstić information content (AvgIpc) is 3.09. The van der Waals surface area contributed by atoms with E-state index in [1.165, 1.54) is 24.3 Å². The number of carbonyl (C=O) groups excluding carboxylic acids is 2. The van der Waals surface area contributed by atoms with E-state index in [0.717, 1.165) is 0 Å². The molecule has 32 heavy (non-hydrogen) atoms. The SMILES string of the molecule is O=C1NC(=O)C(c2ccccc2)(c2ccc(OC3OC(C(=O)O)C(O)C(O)C3O)cc2)N1. The number of amides is 3. The monoisotopic (exact) mass is 444 g/mol. The van der Waals surface area contributed by atoms with Gasteiger partial charge in [0.25, 0.3) is 5.91 Å². The van der Waals surface area contributed by atoms with Crippen molar-refractivity contribution in [1.82, 2.24) is 10.6 Å². The van der Waals surface area contributed by atoms with Crippen molar-refractivity contribution in [2.75, 3.05) is 0 Å². The summed E-state index contributed by atoms with van der Waals surface area (Å²) in [5.41, 5.74) is -0.514. The summed E-state index contributed by atoms with van der Waals surface area (Å²) in [4.78, 5) is 35.9. The van der Waals surface area contributed by atoms with Crippen molar-refractivity contribution in [1.29, 1.82) is 0 Å². The summed E-state index contributed by atoms with van der Waals surface area (Å²) in [6, 6.07) is 13.9. The molecule has 0 saturated carbocycles. The van der Waals surface area contributed by atoms with Gasteiger partial charge < -0.3 is 35.2 Å². The first-order valence-corrected chi connectivity index (χ1v) is 9.63. The molecule has 2 aromatic carbocycles. The van der Waals surface area contributed by atoms with E-state index in [1.54, 1.807) is 30.3 Å². The molecule has 11 heteroatoms. The first-order chi connectivity index (χ1) is 15.2. The van der Waals surface area contributed by atoms with Crippen molar-refractivity contribution in [2.45, 2.75) is 36.2 Å². The Balaban J connectivity index is 1.61. The fraction of sp³-hybridized carbons (Fsp3) is 0.286. The largest absolute Gasteiger partial charge is 0.479 e. The van der Waals surface area contributed by atoms with Crippen molar-refractivity contribution in [3.63, 3.8) is 0 Å². The predicted octanol–water partition coefficient (Wildman–Crippen LogP) is -0.959. The number of imide groups is 1. The summed E-state index contributed by atoms with van der Waals surface area (Å²) in [5, 5.41) is 43.8. The molecule has 168 valence electrons. The Morgan fingerprint density at radius 2 is 1.53 bits per heavy atom. The van der Waals surface area contributed by atoms with Gasteiger partial charge in [0.2, 0.25) is 6.29 Å². The summed E-state index contributed by atoms with van der Waals surface area (Å²) >= 11 is 0. The molecule has 4 rings (SSSR count). The lowest BCUT2D eigenvalue weighted by atomic mass is 9.83. The Morgan fingerprint density at radius 1 is 0.906 bits per heavy atom. The minimum absolute atomic E-state index is 0.124. The molecule has 6 N–H and O–H groups in total. The molecule has 11 nitrogen and oxygen atoms in total. The van der Waals surface area contributed by atoms with Crippen LogP contribution in [-0.4, -0.2) is 69.0 Å². The van der Waals surface area contributed by atoms with Crippen LogP contribution in [-0.2, 0) is 19.9 Å². The number of benzene rings is 2. The van der Waals surface area contributed by atoms with Crippen LogP contribution in [0.25, 0.3) is 0 Å². The van der Waals surface area contributed by atoms with Gasteiger partial charge in [0, 0.05) is 0 Å². The van der Waals surface area contributed by atoms with Gasteiger partial charge in [-0.3, -0.25) is 10.1 Å². The van der Waals surface area contributed by atoms with Crippen LogP contribution in [0, 0.1) is 0 Å². The molecule has 2 fully saturated rings. The number of hydrogen-bond acceptors (Lipinski definition) is 8. The minimum Gasteiger partial charge on any atom is -0.479 e. The van der Waals surface area contributed by atoms with Crippen molar-refractivity contribution in [3.8, 4) is 5.75 Å². The molecular weight excluding hydrogens is 424 g/mol. The van der Waals surface area contributed by atoms with Gasteiger partial charge in [0.05, 0.1) is 0 Å². The summed E-state index contributed by atoms with van der Waals surface area (Å²) in [7, 11) is 0. The van der Waals surface area contributed by atoms with E-state index in [-0.39, 0.29) is 5.75 Å². The summed E-state index contributed by atoms with van der Waals surface area (Å²) in [5.74, 6) is -1.96. The summed E-state index contributed by atoms with van der Waals surface area (Å²) in [6.07, 6.45) is -8.71. The smallest absolute Gasteiger partial charge is 0.335 e. The molecule has 3 amide bonds. The molecule has 2 aliphatic rings. The van der Waals surface area contributed by atoms with Crippen LogP contribution in [0.4, 0.5) is 4.79 Å². The highest BCUT2D eigenvalue weighted by Crippen LogP contribution is 2.34. The molecule has 0 aromatic heterocycles. The van der Waals surface area contributed by atoms with Gasteiger partial charge in [-0.2, -0.15) is 0 Å². The van der Waals surface area contributed by atoms with E-state index in [9.17, 15) is 29.7 Å². The van der Waals surface area contributed by atoms with Crippen LogP contribution in [0.15, 0.2) is 54.6 Å². The molecule has 2 aromatic rings. The lowest BCUT2D eigenvalue weighted by Crippen LogP contribution is -2.61. The lowest BCUT2D eigenvalue weighted by Gasteiger charge is -2.38. The van der Waals surface area contributed by atoms with Gasteiger partial charge in [-0.05, 0) is 23.3 Å². The third-order valence-corrected chi connectivity index (χ3v) is 5.43. The van der Waals surface area contributed by atoms with E-state index in [2.05, 4.69) is 10.6 Å². The minimum atomic E-state index is -1.83. The van der Waals surface area contributed by atoms with Crippen LogP contribution < -0.4 is 15.4 Å². The molecule has 0 radical (unpaired) electrons. The van der Waals surface area contributed by atoms with Crippen LogP contribution in [0.5, 0.6) is 5.75 Å².